The van der Waals surface area contributed by atoms with Crippen LogP contribution in [0, 0.1) is 10.1 Å². The van der Waals surface area contributed by atoms with Gasteiger partial charge in [-0.25, -0.2) is 0 Å². The lowest BCUT2D eigenvalue weighted by Gasteiger charge is -2.21. The molecule has 19 heavy (non-hydrogen) atoms. The Balaban J connectivity index is 3.05. The lowest BCUT2D eigenvalue weighted by Crippen LogP contribution is -2.43. The first kappa shape index (κ1) is 15.2. The molecular formula is C10H15N3O5S. The van der Waals surface area contributed by atoms with E-state index < -0.39 is 26.4 Å². The van der Waals surface area contributed by atoms with Crippen molar-refractivity contribution >= 4 is 21.6 Å². The van der Waals surface area contributed by atoms with Gasteiger partial charge in [-0.15, -0.1) is 0 Å². The number of aromatic hydroxyl groups is 1. The Bertz CT molecular complexity index is 592. The third-order valence-corrected chi connectivity index (χ3v) is 3.25. The maximum atomic E-state index is 11.7. The summed E-state index contributed by atoms with van der Waals surface area (Å²) in [4.78, 5) is 9.90. The highest BCUT2D eigenvalue weighted by Crippen LogP contribution is 2.28. The molecule has 0 aliphatic carbocycles. The first-order valence-corrected chi connectivity index (χ1v) is 6.78. The van der Waals surface area contributed by atoms with Gasteiger partial charge in [-0.2, -0.15) is 13.1 Å². The van der Waals surface area contributed by atoms with Crippen molar-refractivity contribution in [2.24, 2.45) is 0 Å². The summed E-state index contributed by atoms with van der Waals surface area (Å²) >= 11 is 0. The van der Waals surface area contributed by atoms with Gasteiger partial charge in [0.15, 0.2) is 0 Å². The van der Waals surface area contributed by atoms with Crippen LogP contribution in [0.25, 0.3) is 0 Å². The Kier molecular flexibility index (Phi) is 4.01. The van der Waals surface area contributed by atoms with Crippen molar-refractivity contribution in [3.05, 3.63) is 28.3 Å². The van der Waals surface area contributed by atoms with Crippen molar-refractivity contribution in [3.8, 4) is 5.75 Å². The molecule has 0 aliphatic rings. The van der Waals surface area contributed by atoms with Gasteiger partial charge in [0, 0.05) is 17.7 Å². The summed E-state index contributed by atoms with van der Waals surface area (Å²) in [6, 6.07) is 3.06. The van der Waals surface area contributed by atoms with E-state index in [1.165, 1.54) is 0 Å². The number of nitro groups is 1. The van der Waals surface area contributed by atoms with Crippen molar-refractivity contribution < 1.29 is 18.4 Å². The topological polar surface area (TPSA) is 122 Å². The largest absolute Gasteiger partial charge is 0.506 e. The maximum Gasteiger partial charge on any atom is 0.299 e. The number of nitro benzene ring substituents is 1. The summed E-state index contributed by atoms with van der Waals surface area (Å²) in [6.45, 7) is 4.92. The van der Waals surface area contributed by atoms with Crippen LogP contribution in [0.2, 0.25) is 0 Å². The van der Waals surface area contributed by atoms with Crippen LogP contribution in [0.3, 0.4) is 0 Å². The number of anilines is 1. The first-order valence-electron chi connectivity index (χ1n) is 5.29. The van der Waals surface area contributed by atoms with Gasteiger partial charge in [0.1, 0.15) is 5.75 Å². The zero-order valence-corrected chi connectivity index (χ0v) is 11.5. The van der Waals surface area contributed by atoms with Crippen molar-refractivity contribution in [2.75, 3.05) is 4.72 Å². The molecule has 1 aromatic carbocycles. The Morgan fingerprint density at radius 2 is 1.89 bits per heavy atom. The standard InChI is InChI=1S/C10H15N3O5S/c1-10(2,3)12-19(17,18)11-8-6-7(13(15)16)4-5-9(8)14/h4-6,11-12,14H,1-3H3. The maximum absolute atomic E-state index is 11.7. The second-order valence-electron chi connectivity index (χ2n) is 4.92. The fourth-order valence-corrected chi connectivity index (χ4v) is 2.60. The lowest BCUT2D eigenvalue weighted by molar-refractivity contribution is -0.384. The van der Waals surface area contributed by atoms with E-state index in [9.17, 15) is 23.6 Å². The van der Waals surface area contributed by atoms with E-state index in [2.05, 4.69) is 4.72 Å². The lowest BCUT2D eigenvalue weighted by atomic mass is 10.1. The zero-order valence-electron chi connectivity index (χ0n) is 10.7. The number of nitrogens with one attached hydrogen (secondary N) is 2. The van der Waals surface area contributed by atoms with E-state index in [4.69, 9.17) is 0 Å². The summed E-state index contributed by atoms with van der Waals surface area (Å²) in [5.41, 5.74) is -1.31. The molecule has 0 fully saturated rings. The molecule has 8 nitrogen and oxygen atoms in total. The summed E-state index contributed by atoms with van der Waals surface area (Å²) in [6.07, 6.45) is 0. The number of nitrogens with zero attached hydrogens (tertiary/aromatic N) is 1. The summed E-state index contributed by atoms with van der Waals surface area (Å²) in [5.74, 6) is -0.398. The summed E-state index contributed by atoms with van der Waals surface area (Å²) < 4.78 is 27.8. The zero-order chi connectivity index (χ0) is 14.8. The minimum atomic E-state index is -3.94. The van der Waals surface area contributed by atoms with Crippen molar-refractivity contribution in [1.82, 2.24) is 4.72 Å². The molecule has 0 saturated heterocycles. The van der Waals surface area contributed by atoms with E-state index in [1.807, 2.05) is 4.72 Å². The van der Waals surface area contributed by atoms with Crippen molar-refractivity contribution in [3.63, 3.8) is 0 Å². The van der Waals surface area contributed by atoms with E-state index in [0.717, 1.165) is 18.2 Å². The minimum absolute atomic E-state index is 0.258. The molecule has 1 rings (SSSR count). The van der Waals surface area contributed by atoms with Gasteiger partial charge in [0.2, 0.25) is 0 Å². The highest BCUT2D eigenvalue weighted by atomic mass is 32.2. The van der Waals surface area contributed by atoms with Crippen LogP contribution in [0.4, 0.5) is 11.4 Å². The van der Waals surface area contributed by atoms with Crippen LogP contribution in [-0.4, -0.2) is 24.0 Å². The predicted molar refractivity (Wildman–Crippen MR) is 70.2 cm³/mol. The van der Waals surface area contributed by atoms with Crippen molar-refractivity contribution in [1.29, 1.82) is 0 Å². The van der Waals surface area contributed by atoms with E-state index in [-0.39, 0.29) is 11.4 Å². The molecule has 0 atom stereocenters. The number of hydrogen-bond acceptors (Lipinski definition) is 5. The normalized spacial score (nSPS) is 12.2. The third-order valence-electron chi connectivity index (χ3n) is 1.88. The molecule has 0 bridgehead atoms. The molecule has 0 aliphatic heterocycles. The molecular weight excluding hydrogens is 274 g/mol. The number of rotatable bonds is 4. The van der Waals surface area contributed by atoms with Crippen LogP contribution in [0.5, 0.6) is 5.75 Å². The molecule has 0 heterocycles. The van der Waals surface area contributed by atoms with Crippen LogP contribution < -0.4 is 9.44 Å². The minimum Gasteiger partial charge on any atom is -0.506 e. The molecule has 106 valence electrons. The van der Waals surface area contributed by atoms with Crippen LogP contribution in [-0.2, 0) is 10.2 Å². The Morgan fingerprint density at radius 3 is 2.37 bits per heavy atom. The predicted octanol–water partition coefficient (Wildman–Crippen LogP) is 1.35. The molecule has 3 N–H and O–H groups in total. The van der Waals surface area contributed by atoms with Gasteiger partial charge in [-0.3, -0.25) is 14.8 Å². The average molecular weight is 289 g/mol. The monoisotopic (exact) mass is 289 g/mol. The molecule has 0 unspecified atom stereocenters. The SMILES string of the molecule is CC(C)(C)NS(=O)(=O)Nc1cc([N+](=O)[O-])ccc1O. The second kappa shape index (κ2) is 5.02. The van der Waals surface area contributed by atoms with Gasteiger partial charge in [-0.05, 0) is 26.8 Å². The van der Waals surface area contributed by atoms with E-state index in [0.29, 0.717) is 0 Å². The van der Waals surface area contributed by atoms with Crippen molar-refractivity contribution in [2.45, 2.75) is 26.3 Å². The molecule has 1 aromatic rings. The van der Waals surface area contributed by atoms with Crippen LogP contribution in [0.1, 0.15) is 20.8 Å². The van der Waals surface area contributed by atoms with Crippen LogP contribution >= 0.6 is 0 Å². The van der Waals surface area contributed by atoms with Gasteiger partial charge in [0.05, 0.1) is 10.6 Å². The highest BCUT2D eigenvalue weighted by Gasteiger charge is 2.21. The molecule has 0 saturated carbocycles. The highest BCUT2D eigenvalue weighted by molar-refractivity contribution is 7.90. The van der Waals surface area contributed by atoms with Gasteiger partial charge in [-0.1, -0.05) is 0 Å². The summed E-state index contributed by atoms with van der Waals surface area (Å²) in [5, 5.41) is 20.1. The molecule has 0 aromatic heterocycles. The summed E-state index contributed by atoms with van der Waals surface area (Å²) in [7, 11) is -3.94. The Morgan fingerprint density at radius 1 is 1.32 bits per heavy atom. The van der Waals surface area contributed by atoms with E-state index >= 15 is 0 Å². The number of phenols is 1. The number of non-ortho nitro benzene ring substituents is 1. The molecule has 0 radical (unpaired) electrons. The quantitative estimate of drug-likeness (QED) is 0.438. The van der Waals surface area contributed by atoms with Crippen LogP contribution in [0.15, 0.2) is 18.2 Å². The fraction of sp³-hybridized carbons (Fsp3) is 0.400. The third kappa shape index (κ3) is 4.72. The first-order chi connectivity index (χ1) is 8.50. The average Bonchev–Trinajstić information content (AvgIpc) is 2.16. The second-order valence-corrected chi connectivity index (χ2v) is 6.33. The number of hydrogen-bond donors (Lipinski definition) is 3. The fourth-order valence-electron chi connectivity index (χ4n) is 1.29. The Hall–Kier alpha value is -1.87. The molecule has 9 heteroatoms. The number of benzene rings is 1. The Labute approximate surface area is 110 Å². The smallest absolute Gasteiger partial charge is 0.299 e. The number of phenolic OH excluding ortho intramolecular Hbond substituents is 1. The molecule has 0 spiro atoms. The van der Waals surface area contributed by atoms with Gasteiger partial charge >= 0.3 is 0 Å². The van der Waals surface area contributed by atoms with E-state index in [1.54, 1.807) is 20.8 Å². The van der Waals surface area contributed by atoms with Gasteiger partial charge in [0.25, 0.3) is 15.9 Å². The van der Waals surface area contributed by atoms with Gasteiger partial charge < -0.3 is 5.11 Å². The molecule has 0 amide bonds.